The van der Waals surface area contributed by atoms with Crippen LogP contribution in [0, 0.1) is 5.92 Å². The van der Waals surface area contributed by atoms with E-state index in [9.17, 15) is 0 Å². The maximum Gasteiger partial charge on any atom is 0.120 e. The van der Waals surface area contributed by atoms with Crippen LogP contribution in [0.1, 0.15) is 19.3 Å². The van der Waals surface area contributed by atoms with Crippen molar-refractivity contribution >= 4 is 15.9 Å². The van der Waals surface area contributed by atoms with Gasteiger partial charge in [0, 0.05) is 23.6 Å². The average molecular weight is 339 g/mol. The molecule has 0 saturated carbocycles. The first-order chi connectivity index (χ1) is 9.81. The molecule has 1 aromatic rings. The second-order valence-electron chi connectivity index (χ2n) is 5.86. The van der Waals surface area contributed by atoms with Crippen molar-refractivity contribution in [3.8, 4) is 5.75 Å². The lowest BCUT2D eigenvalue weighted by atomic mass is 9.85. The summed E-state index contributed by atoms with van der Waals surface area (Å²) in [4.78, 5) is 2.56. The molecule has 2 aliphatic rings. The lowest BCUT2D eigenvalue weighted by Crippen LogP contribution is -2.52. The van der Waals surface area contributed by atoms with Crippen LogP contribution in [0.5, 0.6) is 5.75 Å². The molecule has 4 heteroatoms. The van der Waals surface area contributed by atoms with Crippen molar-refractivity contribution < 1.29 is 4.74 Å². The minimum Gasteiger partial charge on any atom is -0.492 e. The van der Waals surface area contributed by atoms with E-state index in [1.807, 2.05) is 24.3 Å². The normalized spacial score (nSPS) is 27.1. The van der Waals surface area contributed by atoms with Gasteiger partial charge in [-0.15, -0.1) is 0 Å². The highest BCUT2D eigenvalue weighted by Gasteiger charge is 2.30. The maximum absolute atomic E-state index is 5.84. The van der Waals surface area contributed by atoms with E-state index in [2.05, 4.69) is 26.1 Å². The van der Waals surface area contributed by atoms with Gasteiger partial charge in [0.1, 0.15) is 12.4 Å². The number of piperidine rings is 2. The number of hydrogen-bond acceptors (Lipinski definition) is 3. The SMILES string of the molecule is Brc1cccc(OCCN2CCC3NCCCC3C2)c1. The summed E-state index contributed by atoms with van der Waals surface area (Å²) in [5.74, 6) is 1.80. The van der Waals surface area contributed by atoms with Crippen molar-refractivity contribution in [1.29, 1.82) is 0 Å². The Morgan fingerprint density at radius 3 is 3.20 bits per heavy atom. The summed E-state index contributed by atoms with van der Waals surface area (Å²) in [6.45, 7) is 5.47. The van der Waals surface area contributed by atoms with Gasteiger partial charge >= 0.3 is 0 Å². The molecule has 0 radical (unpaired) electrons. The van der Waals surface area contributed by atoms with Crippen LogP contribution in [-0.4, -0.2) is 43.7 Å². The Balaban J connectivity index is 1.42. The lowest BCUT2D eigenvalue weighted by Gasteiger charge is -2.41. The number of benzene rings is 1. The van der Waals surface area contributed by atoms with Crippen molar-refractivity contribution in [1.82, 2.24) is 10.2 Å². The summed E-state index contributed by atoms with van der Waals surface area (Å²) in [7, 11) is 0. The number of nitrogens with one attached hydrogen (secondary N) is 1. The van der Waals surface area contributed by atoms with E-state index in [0.29, 0.717) is 0 Å². The van der Waals surface area contributed by atoms with Gasteiger partial charge in [0.25, 0.3) is 0 Å². The van der Waals surface area contributed by atoms with E-state index in [4.69, 9.17) is 4.74 Å². The Kier molecular flexibility index (Phi) is 4.97. The Hall–Kier alpha value is -0.580. The Labute approximate surface area is 129 Å². The van der Waals surface area contributed by atoms with Crippen molar-refractivity contribution in [2.45, 2.75) is 25.3 Å². The van der Waals surface area contributed by atoms with Crippen LogP contribution in [0.3, 0.4) is 0 Å². The zero-order valence-corrected chi connectivity index (χ0v) is 13.4. The third-order valence-corrected chi connectivity index (χ3v) is 4.94. The van der Waals surface area contributed by atoms with Gasteiger partial charge in [-0.2, -0.15) is 0 Å². The van der Waals surface area contributed by atoms with Crippen molar-refractivity contribution in [2.75, 3.05) is 32.8 Å². The quantitative estimate of drug-likeness (QED) is 0.913. The van der Waals surface area contributed by atoms with Crippen LogP contribution in [0.15, 0.2) is 28.7 Å². The highest BCUT2D eigenvalue weighted by Crippen LogP contribution is 2.24. The molecule has 2 heterocycles. The van der Waals surface area contributed by atoms with Crippen LogP contribution in [-0.2, 0) is 0 Å². The standard InChI is InChI=1S/C16H23BrN2O/c17-14-4-1-5-15(11-14)20-10-9-19-8-6-16-13(12-19)3-2-7-18-16/h1,4-5,11,13,16,18H,2-3,6-10,12H2. The molecule has 3 rings (SSSR count). The molecule has 1 N–H and O–H groups in total. The number of ether oxygens (including phenoxy) is 1. The van der Waals surface area contributed by atoms with Crippen LogP contribution in [0.25, 0.3) is 0 Å². The predicted molar refractivity (Wildman–Crippen MR) is 85.2 cm³/mol. The monoisotopic (exact) mass is 338 g/mol. The predicted octanol–water partition coefficient (Wildman–Crippen LogP) is 2.90. The number of halogens is 1. The first-order valence-corrected chi connectivity index (χ1v) is 8.45. The summed E-state index contributed by atoms with van der Waals surface area (Å²) >= 11 is 3.47. The molecule has 110 valence electrons. The molecule has 2 unspecified atom stereocenters. The molecule has 0 aromatic heterocycles. The molecule has 2 fully saturated rings. The number of hydrogen-bond donors (Lipinski definition) is 1. The van der Waals surface area contributed by atoms with Crippen LogP contribution in [0.4, 0.5) is 0 Å². The van der Waals surface area contributed by atoms with Gasteiger partial charge in [0.05, 0.1) is 0 Å². The van der Waals surface area contributed by atoms with Crippen molar-refractivity contribution in [2.24, 2.45) is 5.92 Å². The average Bonchev–Trinajstić information content (AvgIpc) is 2.47. The van der Waals surface area contributed by atoms with Gasteiger partial charge in [-0.1, -0.05) is 22.0 Å². The number of likely N-dealkylation sites (tertiary alicyclic amines) is 1. The summed E-state index contributed by atoms with van der Waals surface area (Å²) < 4.78 is 6.91. The van der Waals surface area contributed by atoms with Gasteiger partial charge in [-0.3, -0.25) is 4.90 Å². The van der Waals surface area contributed by atoms with Crippen LogP contribution in [0.2, 0.25) is 0 Å². The van der Waals surface area contributed by atoms with E-state index in [1.165, 1.54) is 38.9 Å². The van der Waals surface area contributed by atoms with E-state index < -0.39 is 0 Å². The summed E-state index contributed by atoms with van der Waals surface area (Å²) in [5, 5.41) is 3.67. The fraction of sp³-hybridized carbons (Fsp3) is 0.625. The molecule has 0 bridgehead atoms. The molecule has 1 aromatic carbocycles. The van der Waals surface area contributed by atoms with Crippen molar-refractivity contribution in [3.05, 3.63) is 28.7 Å². The number of fused-ring (bicyclic) bond motifs is 1. The van der Waals surface area contributed by atoms with E-state index in [-0.39, 0.29) is 0 Å². The first kappa shape index (κ1) is 14.4. The van der Waals surface area contributed by atoms with E-state index >= 15 is 0 Å². The topological polar surface area (TPSA) is 24.5 Å². The van der Waals surface area contributed by atoms with Crippen molar-refractivity contribution in [3.63, 3.8) is 0 Å². The number of nitrogens with zero attached hydrogens (tertiary/aromatic N) is 1. The zero-order chi connectivity index (χ0) is 13.8. The highest BCUT2D eigenvalue weighted by molar-refractivity contribution is 9.10. The Morgan fingerprint density at radius 2 is 2.30 bits per heavy atom. The highest BCUT2D eigenvalue weighted by atomic mass is 79.9. The first-order valence-electron chi connectivity index (χ1n) is 7.65. The molecule has 20 heavy (non-hydrogen) atoms. The summed E-state index contributed by atoms with van der Waals surface area (Å²) in [6.07, 6.45) is 4.02. The molecule has 0 aliphatic carbocycles. The second kappa shape index (κ2) is 6.92. The molecular formula is C16H23BrN2O. The van der Waals surface area contributed by atoms with Crippen LogP contribution >= 0.6 is 15.9 Å². The molecular weight excluding hydrogens is 316 g/mol. The minimum absolute atomic E-state index is 0.769. The second-order valence-corrected chi connectivity index (χ2v) is 6.77. The molecule has 0 amide bonds. The zero-order valence-electron chi connectivity index (χ0n) is 11.9. The van der Waals surface area contributed by atoms with Gasteiger partial charge in [0.15, 0.2) is 0 Å². The fourth-order valence-electron chi connectivity index (χ4n) is 3.37. The van der Waals surface area contributed by atoms with Gasteiger partial charge in [0.2, 0.25) is 0 Å². The lowest BCUT2D eigenvalue weighted by molar-refractivity contribution is 0.100. The Bertz CT molecular complexity index is 440. The largest absolute Gasteiger partial charge is 0.492 e. The van der Waals surface area contributed by atoms with Crippen LogP contribution < -0.4 is 10.1 Å². The minimum atomic E-state index is 0.769. The third-order valence-electron chi connectivity index (χ3n) is 4.45. The molecule has 2 saturated heterocycles. The molecule has 2 atom stereocenters. The van der Waals surface area contributed by atoms with Gasteiger partial charge in [-0.25, -0.2) is 0 Å². The third kappa shape index (κ3) is 3.74. The van der Waals surface area contributed by atoms with E-state index in [1.54, 1.807) is 0 Å². The van der Waals surface area contributed by atoms with E-state index in [0.717, 1.165) is 35.3 Å². The smallest absolute Gasteiger partial charge is 0.120 e. The van der Waals surface area contributed by atoms with Gasteiger partial charge < -0.3 is 10.1 Å². The molecule has 0 spiro atoms. The fourth-order valence-corrected chi connectivity index (χ4v) is 3.75. The Morgan fingerprint density at radius 1 is 1.35 bits per heavy atom. The summed E-state index contributed by atoms with van der Waals surface area (Å²) in [5.41, 5.74) is 0. The molecule has 3 nitrogen and oxygen atoms in total. The summed E-state index contributed by atoms with van der Waals surface area (Å²) in [6, 6.07) is 8.84. The number of rotatable bonds is 4. The van der Waals surface area contributed by atoms with Gasteiger partial charge in [-0.05, 0) is 56.5 Å². The molecule has 2 aliphatic heterocycles. The maximum atomic E-state index is 5.84.